The van der Waals surface area contributed by atoms with Crippen molar-refractivity contribution < 1.29 is 13.5 Å². The standard InChI is InChI=1S/C22H27F2N5O/c1-28-9-8-18-19(13-28)27-22(21(26-18)25-15-3-4-15)29-10-6-16(7-11-29)30-20-5-2-14(23)12-17(20)24/h2,5,12,15-16H,3-4,6-11,13H2,1H3,(H,25,26). The lowest BCUT2D eigenvalue weighted by Gasteiger charge is -2.35. The molecule has 8 heteroatoms. The van der Waals surface area contributed by atoms with Crippen molar-refractivity contribution in [3.63, 3.8) is 0 Å². The van der Waals surface area contributed by atoms with Gasteiger partial charge in [0.15, 0.2) is 23.2 Å². The number of piperidine rings is 1. The maximum absolute atomic E-state index is 13.9. The van der Waals surface area contributed by atoms with Gasteiger partial charge in [0.05, 0.1) is 11.4 Å². The predicted octanol–water partition coefficient (Wildman–Crippen LogP) is 3.36. The summed E-state index contributed by atoms with van der Waals surface area (Å²) in [5.74, 6) is 0.676. The number of anilines is 2. The Balaban J connectivity index is 1.30. The van der Waals surface area contributed by atoms with Crippen molar-refractivity contribution in [2.45, 2.75) is 50.8 Å². The minimum atomic E-state index is -0.655. The van der Waals surface area contributed by atoms with Gasteiger partial charge in [-0.15, -0.1) is 0 Å². The van der Waals surface area contributed by atoms with Crippen LogP contribution in [0.3, 0.4) is 0 Å². The molecule has 5 rings (SSSR count). The topological polar surface area (TPSA) is 53.5 Å². The van der Waals surface area contributed by atoms with Crippen LogP contribution < -0.4 is 15.0 Å². The van der Waals surface area contributed by atoms with Crippen molar-refractivity contribution in [2.75, 3.05) is 36.9 Å². The van der Waals surface area contributed by atoms with Gasteiger partial charge in [-0.25, -0.2) is 18.7 Å². The van der Waals surface area contributed by atoms with Gasteiger partial charge >= 0.3 is 0 Å². The molecule has 0 unspecified atom stereocenters. The Kier molecular flexibility index (Phi) is 5.18. The molecule has 6 nitrogen and oxygen atoms in total. The van der Waals surface area contributed by atoms with Gasteiger partial charge in [0.2, 0.25) is 0 Å². The number of fused-ring (bicyclic) bond motifs is 1. The number of nitrogens with zero attached hydrogens (tertiary/aromatic N) is 4. The van der Waals surface area contributed by atoms with E-state index in [2.05, 4.69) is 22.2 Å². The average molecular weight is 415 g/mol. The molecule has 1 aromatic carbocycles. The van der Waals surface area contributed by atoms with Crippen molar-refractivity contribution in [1.29, 1.82) is 0 Å². The Morgan fingerprint density at radius 1 is 1.03 bits per heavy atom. The zero-order valence-corrected chi connectivity index (χ0v) is 17.2. The molecular weight excluding hydrogens is 388 g/mol. The van der Waals surface area contributed by atoms with Gasteiger partial charge in [-0.3, -0.25) is 0 Å². The second-order valence-corrected chi connectivity index (χ2v) is 8.57. The molecule has 1 saturated heterocycles. The van der Waals surface area contributed by atoms with Crippen LogP contribution in [-0.4, -0.2) is 53.7 Å². The molecule has 160 valence electrons. The second kappa shape index (κ2) is 7.98. The summed E-state index contributed by atoms with van der Waals surface area (Å²) in [7, 11) is 2.11. The highest BCUT2D eigenvalue weighted by Gasteiger charge is 2.30. The van der Waals surface area contributed by atoms with Crippen molar-refractivity contribution in [3.8, 4) is 5.75 Å². The average Bonchev–Trinajstić information content (AvgIpc) is 3.54. The lowest BCUT2D eigenvalue weighted by Crippen LogP contribution is -2.40. The Hall–Kier alpha value is -2.48. The molecule has 30 heavy (non-hydrogen) atoms. The SMILES string of the molecule is CN1CCc2nc(NC3CC3)c(N3CCC(Oc4ccc(F)cc4F)CC3)nc2C1. The van der Waals surface area contributed by atoms with E-state index in [0.29, 0.717) is 6.04 Å². The van der Waals surface area contributed by atoms with Crippen molar-refractivity contribution in [1.82, 2.24) is 14.9 Å². The zero-order chi connectivity index (χ0) is 20.7. The molecular formula is C22H27F2N5O. The van der Waals surface area contributed by atoms with Crippen LogP contribution in [0.25, 0.3) is 0 Å². The van der Waals surface area contributed by atoms with Gasteiger partial charge in [-0.1, -0.05) is 0 Å². The lowest BCUT2D eigenvalue weighted by atomic mass is 10.1. The maximum Gasteiger partial charge on any atom is 0.172 e. The second-order valence-electron chi connectivity index (χ2n) is 8.57. The van der Waals surface area contributed by atoms with E-state index in [-0.39, 0.29) is 11.9 Å². The van der Waals surface area contributed by atoms with Gasteiger partial charge in [0.1, 0.15) is 11.9 Å². The smallest absolute Gasteiger partial charge is 0.172 e. The summed E-state index contributed by atoms with van der Waals surface area (Å²) in [6, 6.07) is 3.95. The number of aromatic nitrogens is 2. The molecule has 2 aromatic rings. The number of hydrogen-bond acceptors (Lipinski definition) is 6. The van der Waals surface area contributed by atoms with E-state index in [1.807, 2.05) is 0 Å². The third-order valence-corrected chi connectivity index (χ3v) is 6.03. The number of rotatable bonds is 5. The minimum absolute atomic E-state index is 0.0993. The highest BCUT2D eigenvalue weighted by atomic mass is 19.1. The van der Waals surface area contributed by atoms with Gasteiger partial charge in [-0.2, -0.15) is 0 Å². The van der Waals surface area contributed by atoms with E-state index in [1.165, 1.54) is 25.0 Å². The van der Waals surface area contributed by atoms with Crippen molar-refractivity contribution in [3.05, 3.63) is 41.2 Å². The zero-order valence-electron chi connectivity index (χ0n) is 17.2. The normalized spacial score (nSPS) is 20.2. The number of benzene rings is 1. The summed E-state index contributed by atoms with van der Waals surface area (Å²) < 4.78 is 32.8. The Bertz CT molecular complexity index is 928. The Morgan fingerprint density at radius 2 is 1.83 bits per heavy atom. The first-order chi connectivity index (χ1) is 14.5. The highest BCUT2D eigenvalue weighted by molar-refractivity contribution is 5.63. The largest absolute Gasteiger partial charge is 0.487 e. The maximum atomic E-state index is 13.9. The van der Waals surface area contributed by atoms with E-state index < -0.39 is 11.6 Å². The molecule has 1 aliphatic carbocycles. The minimum Gasteiger partial charge on any atom is -0.487 e. The molecule has 0 radical (unpaired) electrons. The fraction of sp³-hybridized carbons (Fsp3) is 0.545. The highest BCUT2D eigenvalue weighted by Crippen LogP contribution is 2.33. The van der Waals surface area contributed by atoms with Crippen LogP contribution in [0.2, 0.25) is 0 Å². The number of likely N-dealkylation sites (N-methyl/N-ethyl adjacent to an activating group) is 1. The Morgan fingerprint density at radius 3 is 2.57 bits per heavy atom. The molecule has 0 amide bonds. The van der Waals surface area contributed by atoms with Crippen LogP contribution in [0.15, 0.2) is 18.2 Å². The van der Waals surface area contributed by atoms with Crippen LogP contribution in [0.4, 0.5) is 20.4 Å². The van der Waals surface area contributed by atoms with E-state index >= 15 is 0 Å². The molecule has 1 aromatic heterocycles. The van der Waals surface area contributed by atoms with Gasteiger partial charge in [-0.05, 0) is 32.0 Å². The van der Waals surface area contributed by atoms with Crippen molar-refractivity contribution in [2.24, 2.45) is 0 Å². The van der Waals surface area contributed by atoms with Crippen LogP contribution >= 0.6 is 0 Å². The number of ether oxygens (including phenoxy) is 1. The Labute approximate surface area is 175 Å². The molecule has 3 heterocycles. The van der Waals surface area contributed by atoms with E-state index in [9.17, 15) is 8.78 Å². The first kappa shape index (κ1) is 19.5. The monoisotopic (exact) mass is 415 g/mol. The summed E-state index contributed by atoms with van der Waals surface area (Å²) in [5, 5.41) is 3.56. The summed E-state index contributed by atoms with van der Waals surface area (Å²) >= 11 is 0. The third-order valence-electron chi connectivity index (χ3n) is 6.03. The molecule has 2 aliphatic heterocycles. The first-order valence-corrected chi connectivity index (χ1v) is 10.8. The van der Waals surface area contributed by atoms with Gasteiger partial charge < -0.3 is 19.9 Å². The quantitative estimate of drug-likeness (QED) is 0.808. The fourth-order valence-corrected chi connectivity index (χ4v) is 4.13. The predicted molar refractivity (Wildman–Crippen MR) is 111 cm³/mol. The molecule has 0 atom stereocenters. The van der Waals surface area contributed by atoms with Crippen LogP contribution in [0.1, 0.15) is 37.1 Å². The van der Waals surface area contributed by atoms with Crippen LogP contribution in [0.5, 0.6) is 5.75 Å². The number of halogens is 2. The first-order valence-electron chi connectivity index (χ1n) is 10.8. The third kappa shape index (κ3) is 4.19. The van der Waals surface area contributed by atoms with Gasteiger partial charge in [0, 0.05) is 57.5 Å². The molecule has 1 N–H and O–H groups in total. The van der Waals surface area contributed by atoms with Crippen molar-refractivity contribution >= 4 is 11.6 Å². The van der Waals surface area contributed by atoms with E-state index in [1.54, 1.807) is 0 Å². The fourth-order valence-electron chi connectivity index (χ4n) is 4.13. The molecule has 1 saturated carbocycles. The van der Waals surface area contributed by atoms with Crippen LogP contribution in [-0.2, 0) is 13.0 Å². The van der Waals surface area contributed by atoms with E-state index in [4.69, 9.17) is 14.7 Å². The van der Waals surface area contributed by atoms with Crippen LogP contribution in [0, 0.1) is 11.6 Å². The number of nitrogens with one attached hydrogen (secondary N) is 1. The summed E-state index contributed by atoms with van der Waals surface area (Å²) in [6.45, 7) is 3.35. The summed E-state index contributed by atoms with van der Waals surface area (Å²) in [6.07, 6.45) is 4.69. The van der Waals surface area contributed by atoms with Gasteiger partial charge in [0.25, 0.3) is 0 Å². The number of hydrogen-bond donors (Lipinski definition) is 1. The summed E-state index contributed by atoms with van der Waals surface area (Å²) in [5.41, 5.74) is 2.16. The molecule has 3 aliphatic rings. The summed E-state index contributed by atoms with van der Waals surface area (Å²) in [4.78, 5) is 14.5. The molecule has 0 spiro atoms. The molecule has 0 bridgehead atoms. The lowest BCUT2D eigenvalue weighted by molar-refractivity contribution is 0.163. The van der Waals surface area contributed by atoms with E-state index in [0.717, 1.165) is 74.5 Å². The molecule has 2 fully saturated rings.